The standard InChI is InChI=1S/C9H21N3O5S/c1-7(2)17-9(13)12-18(14,15)11-8(4-5-10)6-16-3/h7-8,11H,4-6,10H2,1-3H3,(H,12,13). The molecule has 0 aromatic carbocycles. The Labute approximate surface area is 107 Å². The van der Waals surface area contributed by atoms with E-state index in [1.54, 1.807) is 18.6 Å². The van der Waals surface area contributed by atoms with Crippen molar-refractivity contribution < 1.29 is 22.7 Å². The van der Waals surface area contributed by atoms with Gasteiger partial charge in [0.25, 0.3) is 0 Å². The number of methoxy groups -OCH3 is 1. The average molecular weight is 283 g/mol. The molecule has 0 bridgehead atoms. The number of ether oxygens (including phenoxy) is 2. The molecule has 0 aliphatic rings. The van der Waals surface area contributed by atoms with Crippen molar-refractivity contribution in [2.45, 2.75) is 32.4 Å². The zero-order valence-corrected chi connectivity index (χ0v) is 11.6. The molecule has 0 aliphatic carbocycles. The van der Waals surface area contributed by atoms with Crippen LogP contribution in [0.3, 0.4) is 0 Å². The third kappa shape index (κ3) is 8.23. The maximum Gasteiger partial charge on any atom is 0.422 e. The Morgan fingerprint density at radius 1 is 1.39 bits per heavy atom. The lowest BCUT2D eigenvalue weighted by atomic mass is 10.2. The minimum Gasteiger partial charge on any atom is -0.446 e. The van der Waals surface area contributed by atoms with Crippen LogP contribution in [0.15, 0.2) is 0 Å². The van der Waals surface area contributed by atoms with Gasteiger partial charge in [-0.1, -0.05) is 0 Å². The first-order valence-corrected chi connectivity index (χ1v) is 6.98. The monoisotopic (exact) mass is 283 g/mol. The number of carbonyl (C=O) groups excluding carboxylic acids is 1. The summed E-state index contributed by atoms with van der Waals surface area (Å²) in [7, 11) is -2.54. The molecule has 0 saturated heterocycles. The Morgan fingerprint density at radius 3 is 2.44 bits per heavy atom. The summed E-state index contributed by atoms with van der Waals surface area (Å²) in [6.07, 6.45) is -1.03. The lowest BCUT2D eigenvalue weighted by molar-refractivity contribution is 0.121. The van der Waals surface area contributed by atoms with Gasteiger partial charge < -0.3 is 15.2 Å². The molecule has 0 saturated carbocycles. The normalized spacial score (nSPS) is 13.4. The predicted octanol–water partition coefficient (Wildman–Crippen LogP) is -0.681. The van der Waals surface area contributed by atoms with Crippen LogP contribution < -0.4 is 15.2 Å². The lowest BCUT2D eigenvalue weighted by Crippen LogP contribution is -2.47. The molecule has 0 fully saturated rings. The number of nitrogens with one attached hydrogen (secondary N) is 2. The van der Waals surface area contributed by atoms with E-state index >= 15 is 0 Å². The van der Waals surface area contributed by atoms with E-state index < -0.39 is 28.4 Å². The molecule has 8 nitrogen and oxygen atoms in total. The van der Waals surface area contributed by atoms with Crippen LogP contribution in [-0.4, -0.2) is 46.9 Å². The first-order valence-electron chi connectivity index (χ1n) is 5.50. The number of hydrogen-bond donors (Lipinski definition) is 3. The van der Waals surface area contributed by atoms with Gasteiger partial charge in [0, 0.05) is 13.2 Å². The van der Waals surface area contributed by atoms with E-state index in [9.17, 15) is 13.2 Å². The molecule has 0 aromatic rings. The van der Waals surface area contributed by atoms with E-state index in [-0.39, 0.29) is 6.61 Å². The highest BCUT2D eigenvalue weighted by atomic mass is 32.2. The highest BCUT2D eigenvalue weighted by Crippen LogP contribution is 1.95. The fraction of sp³-hybridized carbons (Fsp3) is 0.889. The molecule has 0 heterocycles. The zero-order chi connectivity index (χ0) is 14.2. The Morgan fingerprint density at radius 2 is 2.00 bits per heavy atom. The van der Waals surface area contributed by atoms with Gasteiger partial charge in [0.05, 0.1) is 12.7 Å². The summed E-state index contributed by atoms with van der Waals surface area (Å²) in [6, 6.07) is -0.496. The number of nitrogens with two attached hydrogens (primary N) is 1. The Balaban J connectivity index is 4.39. The van der Waals surface area contributed by atoms with Gasteiger partial charge in [0.15, 0.2) is 0 Å². The Hall–Kier alpha value is -0.900. The summed E-state index contributed by atoms with van der Waals surface area (Å²) in [5.74, 6) is 0. The van der Waals surface area contributed by atoms with Crippen LogP contribution in [0.4, 0.5) is 4.79 Å². The van der Waals surface area contributed by atoms with Crippen LogP contribution in [-0.2, 0) is 19.7 Å². The molecule has 0 rings (SSSR count). The molecule has 108 valence electrons. The summed E-state index contributed by atoms with van der Waals surface area (Å²) in [6.45, 7) is 3.69. The number of amides is 1. The molecule has 9 heteroatoms. The highest BCUT2D eigenvalue weighted by molar-refractivity contribution is 7.88. The van der Waals surface area contributed by atoms with Gasteiger partial charge in [-0.25, -0.2) is 9.52 Å². The fourth-order valence-electron chi connectivity index (χ4n) is 1.18. The second-order valence-electron chi connectivity index (χ2n) is 3.91. The van der Waals surface area contributed by atoms with Gasteiger partial charge in [0.2, 0.25) is 0 Å². The summed E-state index contributed by atoms with van der Waals surface area (Å²) in [4.78, 5) is 11.2. The van der Waals surface area contributed by atoms with Gasteiger partial charge in [0.1, 0.15) is 0 Å². The highest BCUT2D eigenvalue weighted by Gasteiger charge is 2.20. The summed E-state index contributed by atoms with van der Waals surface area (Å²) < 4.78 is 36.6. The fourth-order valence-corrected chi connectivity index (χ4v) is 2.13. The third-order valence-corrected chi connectivity index (χ3v) is 2.84. The number of hydrogen-bond acceptors (Lipinski definition) is 6. The van der Waals surface area contributed by atoms with Crippen LogP contribution in [0, 0.1) is 0 Å². The topological polar surface area (TPSA) is 120 Å². The van der Waals surface area contributed by atoms with Gasteiger partial charge in [-0.3, -0.25) is 0 Å². The van der Waals surface area contributed by atoms with Crippen molar-refractivity contribution in [3.8, 4) is 0 Å². The van der Waals surface area contributed by atoms with Crippen molar-refractivity contribution in [3.05, 3.63) is 0 Å². The molecular weight excluding hydrogens is 262 g/mol. The van der Waals surface area contributed by atoms with E-state index in [1.807, 2.05) is 0 Å². The van der Waals surface area contributed by atoms with Crippen molar-refractivity contribution in [3.63, 3.8) is 0 Å². The van der Waals surface area contributed by atoms with Crippen LogP contribution in [0.25, 0.3) is 0 Å². The van der Waals surface area contributed by atoms with Crippen molar-refractivity contribution in [2.75, 3.05) is 20.3 Å². The SMILES string of the molecule is COCC(CCN)NS(=O)(=O)NC(=O)OC(C)C. The van der Waals surface area contributed by atoms with Crippen molar-refractivity contribution in [1.82, 2.24) is 9.44 Å². The van der Waals surface area contributed by atoms with Gasteiger partial charge in [-0.15, -0.1) is 0 Å². The van der Waals surface area contributed by atoms with Crippen molar-refractivity contribution in [1.29, 1.82) is 0 Å². The van der Waals surface area contributed by atoms with Crippen LogP contribution in [0.2, 0.25) is 0 Å². The number of rotatable bonds is 8. The van der Waals surface area contributed by atoms with E-state index in [4.69, 9.17) is 10.5 Å². The summed E-state index contributed by atoms with van der Waals surface area (Å²) >= 11 is 0. The smallest absolute Gasteiger partial charge is 0.422 e. The lowest BCUT2D eigenvalue weighted by Gasteiger charge is -2.17. The van der Waals surface area contributed by atoms with E-state index in [2.05, 4.69) is 9.46 Å². The van der Waals surface area contributed by atoms with Crippen molar-refractivity contribution >= 4 is 16.3 Å². The molecule has 4 N–H and O–H groups in total. The molecule has 0 radical (unpaired) electrons. The molecule has 1 unspecified atom stereocenters. The predicted molar refractivity (Wildman–Crippen MR) is 66.1 cm³/mol. The molecule has 1 amide bonds. The maximum atomic E-state index is 11.6. The first-order chi connectivity index (χ1) is 8.30. The largest absolute Gasteiger partial charge is 0.446 e. The van der Waals surface area contributed by atoms with E-state index in [0.29, 0.717) is 13.0 Å². The second kappa shape index (κ2) is 8.25. The molecule has 18 heavy (non-hydrogen) atoms. The van der Waals surface area contributed by atoms with E-state index in [0.717, 1.165) is 0 Å². The van der Waals surface area contributed by atoms with Crippen LogP contribution in [0.1, 0.15) is 20.3 Å². The third-order valence-electron chi connectivity index (χ3n) is 1.77. The molecule has 1 atom stereocenters. The van der Waals surface area contributed by atoms with E-state index in [1.165, 1.54) is 7.11 Å². The molecule has 0 aliphatic heterocycles. The Bertz CT molecular complexity index is 338. The minimum atomic E-state index is -3.98. The van der Waals surface area contributed by atoms with Crippen LogP contribution >= 0.6 is 0 Å². The number of carbonyl (C=O) groups is 1. The maximum absolute atomic E-state index is 11.6. The first kappa shape index (κ1) is 17.1. The summed E-state index contributed by atoms with van der Waals surface area (Å²) in [5.41, 5.74) is 5.34. The van der Waals surface area contributed by atoms with Gasteiger partial charge in [-0.2, -0.15) is 13.1 Å². The Kier molecular flexibility index (Phi) is 7.83. The van der Waals surface area contributed by atoms with Gasteiger partial charge in [-0.05, 0) is 26.8 Å². The van der Waals surface area contributed by atoms with Gasteiger partial charge >= 0.3 is 16.3 Å². The second-order valence-corrected chi connectivity index (χ2v) is 5.35. The molecule has 0 aromatic heterocycles. The minimum absolute atomic E-state index is 0.164. The zero-order valence-electron chi connectivity index (χ0n) is 10.8. The molecular formula is C9H21N3O5S. The van der Waals surface area contributed by atoms with Crippen LogP contribution in [0.5, 0.6) is 0 Å². The average Bonchev–Trinajstić information content (AvgIpc) is 2.14. The quantitative estimate of drug-likeness (QED) is 0.543. The van der Waals surface area contributed by atoms with Crippen molar-refractivity contribution in [2.24, 2.45) is 5.73 Å². The summed E-state index contributed by atoms with van der Waals surface area (Å²) in [5, 5.41) is 0. The molecule has 0 spiro atoms.